The van der Waals surface area contributed by atoms with Crippen molar-refractivity contribution in [2.75, 3.05) is 0 Å². The first-order valence-electron chi connectivity index (χ1n) is 6.85. The molecule has 0 bridgehead atoms. The summed E-state index contributed by atoms with van der Waals surface area (Å²) in [4.78, 5) is 35.3. The van der Waals surface area contributed by atoms with Gasteiger partial charge < -0.3 is 9.59 Å². The minimum atomic E-state index is -0.918. The number of aldehydes is 1. The summed E-state index contributed by atoms with van der Waals surface area (Å²) in [5, 5.41) is 0. The Labute approximate surface area is 109 Å². The maximum absolute atomic E-state index is 12.6. The van der Waals surface area contributed by atoms with E-state index in [1.807, 2.05) is 20.8 Å². The van der Waals surface area contributed by atoms with Crippen LogP contribution >= 0.6 is 0 Å². The summed E-state index contributed by atoms with van der Waals surface area (Å²) >= 11 is 0. The number of hydrogen-bond donors (Lipinski definition) is 0. The Morgan fingerprint density at radius 1 is 1.44 bits per heavy atom. The number of Topliss-reactive ketones (excluding diaryl/α,β-unsaturated/α-hetero) is 2. The van der Waals surface area contributed by atoms with Crippen LogP contribution in [0.2, 0.25) is 0 Å². The molecule has 1 aliphatic rings. The molecule has 0 aliphatic heterocycles. The van der Waals surface area contributed by atoms with E-state index in [9.17, 15) is 14.4 Å². The highest BCUT2D eigenvalue weighted by atomic mass is 16.1. The molecule has 3 atom stereocenters. The van der Waals surface area contributed by atoms with Crippen molar-refractivity contribution in [1.29, 1.82) is 0 Å². The highest BCUT2D eigenvalue weighted by molar-refractivity contribution is 6.01. The van der Waals surface area contributed by atoms with E-state index in [0.717, 1.165) is 19.1 Å². The van der Waals surface area contributed by atoms with Crippen molar-refractivity contribution >= 4 is 17.9 Å². The molecule has 0 aromatic rings. The van der Waals surface area contributed by atoms with Gasteiger partial charge in [-0.25, -0.2) is 0 Å². The molecule has 0 aromatic carbocycles. The van der Waals surface area contributed by atoms with Crippen molar-refractivity contribution in [2.24, 2.45) is 23.2 Å². The summed E-state index contributed by atoms with van der Waals surface area (Å²) in [6.07, 6.45) is 3.28. The molecule has 0 amide bonds. The van der Waals surface area contributed by atoms with Crippen LogP contribution in [0.3, 0.4) is 0 Å². The molecule has 3 nitrogen and oxygen atoms in total. The summed E-state index contributed by atoms with van der Waals surface area (Å²) in [5.74, 6) is 0.396. The molecule has 18 heavy (non-hydrogen) atoms. The second kappa shape index (κ2) is 5.77. The Bertz CT molecular complexity index is 346. The number of carbonyl (C=O) groups is 3. The summed E-state index contributed by atoms with van der Waals surface area (Å²) in [5.41, 5.74) is -0.918. The first kappa shape index (κ1) is 15.1. The quantitative estimate of drug-likeness (QED) is 0.558. The van der Waals surface area contributed by atoms with E-state index in [1.165, 1.54) is 6.92 Å². The van der Waals surface area contributed by atoms with E-state index in [-0.39, 0.29) is 29.3 Å². The molecule has 1 aliphatic carbocycles. The van der Waals surface area contributed by atoms with E-state index in [4.69, 9.17) is 0 Å². The van der Waals surface area contributed by atoms with Crippen LogP contribution in [0.4, 0.5) is 0 Å². The summed E-state index contributed by atoms with van der Waals surface area (Å²) < 4.78 is 0. The molecule has 3 heteroatoms. The van der Waals surface area contributed by atoms with Crippen molar-refractivity contribution in [3.63, 3.8) is 0 Å². The average Bonchev–Trinajstić information content (AvgIpc) is 2.29. The normalized spacial score (nSPS) is 32.6. The molecule has 1 rings (SSSR count). The highest BCUT2D eigenvalue weighted by Crippen LogP contribution is 2.44. The molecule has 0 heterocycles. The minimum Gasteiger partial charge on any atom is -0.302 e. The Hall–Kier alpha value is -0.990. The molecule has 3 unspecified atom stereocenters. The second-order valence-electron chi connectivity index (χ2n) is 6.05. The Kier molecular flexibility index (Phi) is 4.83. The average molecular weight is 252 g/mol. The summed E-state index contributed by atoms with van der Waals surface area (Å²) in [6, 6.07) is 0. The van der Waals surface area contributed by atoms with Gasteiger partial charge in [-0.3, -0.25) is 4.79 Å². The standard InChI is InChI=1S/C15H24O3/c1-10(2)13-6-5-11(3)15(9-16,14(13)18)8-7-12(4)17/h9-11,13H,5-8H2,1-4H3. The van der Waals surface area contributed by atoms with Gasteiger partial charge in [-0.05, 0) is 38.0 Å². The lowest BCUT2D eigenvalue weighted by molar-refractivity contribution is -0.147. The van der Waals surface area contributed by atoms with Gasteiger partial charge in [-0.1, -0.05) is 20.8 Å². The summed E-state index contributed by atoms with van der Waals surface area (Å²) in [6.45, 7) is 7.53. The molecule has 0 radical (unpaired) electrons. The van der Waals surface area contributed by atoms with Crippen LogP contribution in [0, 0.1) is 23.2 Å². The predicted octanol–water partition coefficient (Wildman–Crippen LogP) is 2.81. The monoisotopic (exact) mass is 252 g/mol. The first-order chi connectivity index (χ1) is 8.35. The molecule has 0 saturated heterocycles. The van der Waals surface area contributed by atoms with Crippen molar-refractivity contribution in [2.45, 2.75) is 53.4 Å². The number of ketones is 2. The van der Waals surface area contributed by atoms with Crippen LogP contribution < -0.4 is 0 Å². The van der Waals surface area contributed by atoms with Gasteiger partial charge in [-0.2, -0.15) is 0 Å². The van der Waals surface area contributed by atoms with Crippen LogP contribution in [0.1, 0.15) is 53.4 Å². The molecule has 0 N–H and O–H groups in total. The fraction of sp³-hybridized carbons (Fsp3) is 0.800. The first-order valence-corrected chi connectivity index (χ1v) is 6.85. The lowest BCUT2D eigenvalue weighted by Crippen LogP contribution is -2.48. The van der Waals surface area contributed by atoms with Crippen molar-refractivity contribution in [1.82, 2.24) is 0 Å². The predicted molar refractivity (Wildman–Crippen MR) is 70.1 cm³/mol. The van der Waals surface area contributed by atoms with Crippen LogP contribution in [-0.2, 0) is 14.4 Å². The Morgan fingerprint density at radius 2 is 2.06 bits per heavy atom. The lowest BCUT2D eigenvalue weighted by Gasteiger charge is -2.41. The molecular weight excluding hydrogens is 228 g/mol. The third-order valence-electron chi connectivity index (χ3n) is 4.49. The number of hydrogen-bond acceptors (Lipinski definition) is 3. The van der Waals surface area contributed by atoms with Gasteiger partial charge in [0.2, 0.25) is 0 Å². The second-order valence-corrected chi connectivity index (χ2v) is 6.05. The molecular formula is C15H24O3. The molecule has 1 saturated carbocycles. The largest absolute Gasteiger partial charge is 0.302 e. The van der Waals surface area contributed by atoms with E-state index in [2.05, 4.69) is 0 Å². The van der Waals surface area contributed by atoms with Gasteiger partial charge in [0.05, 0.1) is 5.41 Å². The lowest BCUT2D eigenvalue weighted by atomic mass is 9.59. The van der Waals surface area contributed by atoms with Crippen LogP contribution in [-0.4, -0.2) is 17.9 Å². The molecule has 0 spiro atoms. The fourth-order valence-corrected chi connectivity index (χ4v) is 3.03. The van der Waals surface area contributed by atoms with Gasteiger partial charge in [0, 0.05) is 12.3 Å². The van der Waals surface area contributed by atoms with Crippen molar-refractivity contribution in [3.8, 4) is 0 Å². The van der Waals surface area contributed by atoms with E-state index < -0.39 is 5.41 Å². The Balaban J connectivity index is 3.00. The zero-order valence-electron chi connectivity index (χ0n) is 11.9. The Morgan fingerprint density at radius 3 is 2.50 bits per heavy atom. The van der Waals surface area contributed by atoms with Crippen molar-refractivity contribution < 1.29 is 14.4 Å². The maximum Gasteiger partial charge on any atom is 0.149 e. The third kappa shape index (κ3) is 2.70. The summed E-state index contributed by atoms with van der Waals surface area (Å²) in [7, 11) is 0. The maximum atomic E-state index is 12.6. The van der Waals surface area contributed by atoms with E-state index >= 15 is 0 Å². The van der Waals surface area contributed by atoms with Crippen molar-refractivity contribution in [3.05, 3.63) is 0 Å². The van der Waals surface area contributed by atoms with Gasteiger partial charge in [0.1, 0.15) is 17.9 Å². The smallest absolute Gasteiger partial charge is 0.149 e. The molecule has 102 valence electrons. The molecule has 1 fully saturated rings. The number of carbonyl (C=O) groups excluding carboxylic acids is 3. The van der Waals surface area contributed by atoms with E-state index in [1.54, 1.807) is 0 Å². The zero-order valence-corrected chi connectivity index (χ0v) is 11.9. The van der Waals surface area contributed by atoms with Crippen LogP contribution in [0.25, 0.3) is 0 Å². The van der Waals surface area contributed by atoms with Gasteiger partial charge in [0.25, 0.3) is 0 Å². The van der Waals surface area contributed by atoms with Gasteiger partial charge in [0.15, 0.2) is 0 Å². The molecule has 0 aromatic heterocycles. The highest BCUT2D eigenvalue weighted by Gasteiger charge is 2.49. The van der Waals surface area contributed by atoms with Crippen LogP contribution in [0.15, 0.2) is 0 Å². The SMILES string of the molecule is CC(=O)CCC1(C=O)C(=O)C(C(C)C)CCC1C. The van der Waals surface area contributed by atoms with Gasteiger partial charge in [-0.15, -0.1) is 0 Å². The van der Waals surface area contributed by atoms with E-state index in [0.29, 0.717) is 12.8 Å². The zero-order chi connectivity index (χ0) is 13.9. The third-order valence-corrected chi connectivity index (χ3v) is 4.49. The van der Waals surface area contributed by atoms with Gasteiger partial charge >= 0.3 is 0 Å². The number of rotatable bonds is 5. The topological polar surface area (TPSA) is 51.2 Å². The minimum absolute atomic E-state index is 0.0293. The fourth-order valence-electron chi connectivity index (χ4n) is 3.03. The van der Waals surface area contributed by atoms with Crippen LogP contribution in [0.5, 0.6) is 0 Å².